The maximum Gasteiger partial charge on any atom is 0.0310 e. The van der Waals surface area contributed by atoms with Crippen molar-refractivity contribution < 1.29 is 0 Å². The standard InChI is InChI=1S/C14H31N3/c1-5-17(6-2)8-7-16-14(11-15)9-13(10-14)12(3)4/h12-13,16H,5-11,15H2,1-4H3. The Balaban J connectivity index is 2.25. The summed E-state index contributed by atoms with van der Waals surface area (Å²) < 4.78 is 0. The predicted molar refractivity (Wildman–Crippen MR) is 75.1 cm³/mol. The summed E-state index contributed by atoms with van der Waals surface area (Å²) in [6.07, 6.45) is 2.53. The van der Waals surface area contributed by atoms with E-state index in [0.29, 0.717) is 0 Å². The van der Waals surface area contributed by atoms with Gasteiger partial charge >= 0.3 is 0 Å². The van der Waals surface area contributed by atoms with Gasteiger partial charge in [-0.2, -0.15) is 0 Å². The van der Waals surface area contributed by atoms with Crippen LogP contribution in [-0.2, 0) is 0 Å². The molecule has 1 rings (SSSR count). The summed E-state index contributed by atoms with van der Waals surface area (Å²) in [5, 5.41) is 3.70. The fraction of sp³-hybridized carbons (Fsp3) is 1.00. The number of hydrogen-bond donors (Lipinski definition) is 2. The van der Waals surface area contributed by atoms with Crippen LogP contribution in [0.15, 0.2) is 0 Å². The first-order valence-electron chi connectivity index (χ1n) is 7.24. The predicted octanol–water partition coefficient (Wildman–Crippen LogP) is 1.68. The molecular formula is C14H31N3. The molecule has 1 aliphatic rings. The Bertz CT molecular complexity index is 206. The molecular weight excluding hydrogens is 210 g/mol. The summed E-state index contributed by atoms with van der Waals surface area (Å²) in [7, 11) is 0. The monoisotopic (exact) mass is 241 g/mol. The molecule has 0 aromatic heterocycles. The van der Waals surface area contributed by atoms with Gasteiger partial charge in [-0.05, 0) is 37.8 Å². The molecule has 3 heteroatoms. The molecule has 0 aromatic carbocycles. The number of hydrogen-bond acceptors (Lipinski definition) is 3. The van der Waals surface area contributed by atoms with Crippen LogP contribution in [0, 0.1) is 11.8 Å². The van der Waals surface area contributed by atoms with E-state index >= 15 is 0 Å². The van der Waals surface area contributed by atoms with Gasteiger partial charge in [0.2, 0.25) is 0 Å². The molecule has 3 nitrogen and oxygen atoms in total. The fourth-order valence-corrected chi connectivity index (χ4v) is 2.82. The lowest BCUT2D eigenvalue weighted by Gasteiger charge is -2.50. The van der Waals surface area contributed by atoms with Gasteiger partial charge in [0, 0.05) is 25.2 Å². The van der Waals surface area contributed by atoms with Crippen molar-refractivity contribution in [1.29, 1.82) is 0 Å². The highest BCUT2D eigenvalue weighted by atomic mass is 15.1. The van der Waals surface area contributed by atoms with Gasteiger partial charge in [0.15, 0.2) is 0 Å². The molecule has 0 atom stereocenters. The lowest BCUT2D eigenvalue weighted by atomic mass is 9.64. The van der Waals surface area contributed by atoms with Crippen LogP contribution in [0.1, 0.15) is 40.5 Å². The van der Waals surface area contributed by atoms with Crippen molar-refractivity contribution in [3.63, 3.8) is 0 Å². The second-order valence-corrected chi connectivity index (χ2v) is 5.85. The average molecular weight is 241 g/mol. The Morgan fingerprint density at radius 2 is 1.88 bits per heavy atom. The van der Waals surface area contributed by atoms with Crippen molar-refractivity contribution in [3.05, 3.63) is 0 Å². The van der Waals surface area contributed by atoms with E-state index in [1.165, 1.54) is 12.8 Å². The van der Waals surface area contributed by atoms with Gasteiger partial charge in [0.1, 0.15) is 0 Å². The minimum absolute atomic E-state index is 0.252. The third-order valence-electron chi connectivity index (χ3n) is 4.46. The minimum Gasteiger partial charge on any atom is -0.329 e. The Morgan fingerprint density at radius 3 is 2.29 bits per heavy atom. The first-order chi connectivity index (χ1) is 8.06. The molecule has 3 N–H and O–H groups in total. The SMILES string of the molecule is CCN(CC)CCNC1(CN)CC(C(C)C)C1. The van der Waals surface area contributed by atoms with Gasteiger partial charge in [-0.3, -0.25) is 0 Å². The molecule has 17 heavy (non-hydrogen) atoms. The molecule has 0 saturated heterocycles. The van der Waals surface area contributed by atoms with Crippen molar-refractivity contribution in [2.24, 2.45) is 17.6 Å². The summed E-state index contributed by atoms with van der Waals surface area (Å²) in [4.78, 5) is 2.45. The number of rotatable bonds is 8. The fourth-order valence-electron chi connectivity index (χ4n) is 2.82. The van der Waals surface area contributed by atoms with Gasteiger partial charge in [-0.25, -0.2) is 0 Å². The first kappa shape index (κ1) is 14.9. The van der Waals surface area contributed by atoms with Crippen LogP contribution < -0.4 is 11.1 Å². The van der Waals surface area contributed by atoms with Gasteiger partial charge in [0.25, 0.3) is 0 Å². The third kappa shape index (κ3) is 3.94. The highest BCUT2D eigenvalue weighted by Gasteiger charge is 2.43. The van der Waals surface area contributed by atoms with E-state index in [4.69, 9.17) is 5.73 Å². The van der Waals surface area contributed by atoms with E-state index in [0.717, 1.165) is 44.6 Å². The largest absolute Gasteiger partial charge is 0.329 e. The van der Waals surface area contributed by atoms with E-state index in [1.54, 1.807) is 0 Å². The molecule has 1 aliphatic carbocycles. The van der Waals surface area contributed by atoms with E-state index in [1.807, 2.05) is 0 Å². The Hall–Kier alpha value is -0.120. The van der Waals surface area contributed by atoms with Crippen LogP contribution in [0.3, 0.4) is 0 Å². The van der Waals surface area contributed by atoms with Crippen LogP contribution >= 0.6 is 0 Å². The Labute approximate surface area is 107 Å². The normalized spacial score (nSPS) is 28.8. The topological polar surface area (TPSA) is 41.3 Å². The Morgan fingerprint density at radius 1 is 1.29 bits per heavy atom. The van der Waals surface area contributed by atoms with Crippen LogP contribution in [-0.4, -0.2) is 43.2 Å². The van der Waals surface area contributed by atoms with Crippen molar-refractivity contribution in [2.45, 2.75) is 46.1 Å². The number of nitrogens with one attached hydrogen (secondary N) is 1. The highest BCUT2D eigenvalue weighted by Crippen LogP contribution is 2.41. The Kier molecular flexibility index (Phi) is 5.90. The third-order valence-corrected chi connectivity index (χ3v) is 4.46. The van der Waals surface area contributed by atoms with Gasteiger partial charge < -0.3 is 16.0 Å². The second kappa shape index (κ2) is 6.72. The molecule has 0 spiro atoms. The van der Waals surface area contributed by atoms with E-state index in [2.05, 4.69) is 37.9 Å². The summed E-state index contributed by atoms with van der Waals surface area (Å²) in [6.45, 7) is 14.4. The van der Waals surface area contributed by atoms with Crippen molar-refractivity contribution >= 4 is 0 Å². The highest BCUT2D eigenvalue weighted by molar-refractivity contribution is 5.02. The molecule has 0 radical (unpaired) electrons. The molecule has 1 saturated carbocycles. The van der Waals surface area contributed by atoms with Gasteiger partial charge in [-0.1, -0.05) is 27.7 Å². The van der Waals surface area contributed by atoms with Crippen LogP contribution in [0.25, 0.3) is 0 Å². The van der Waals surface area contributed by atoms with Crippen LogP contribution in [0.4, 0.5) is 0 Å². The van der Waals surface area contributed by atoms with Crippen LogP contribution in [0.5, 0.6) is 0 Å². The summed E-state index contributed by atoms with van der Waals surface area (Å²) >= 11 is 0. The van der Waals surface area contributed by atoms with E-state index in [9.17, 15) is 0 Å². The summed E-state index contributed by atoms with van der Waals surface area (Å²) in [6, 6.07) is 0. The first-order valence-corrected chi connectivity index (χ1v) is 7.24. The van der Waals surface area contributed by atoms with Crippen LogP contribution in [0.2, 0.25) is 0 Å². The molecule has 0 amide bonds. The van der Waals surface area contributed by atoms with Crippen molar-refractivity contribution in [2.75, 3.05) is 32.7 Å². The molecule has 1 fully saturated rings. The number of nitrogens with zero attached hydrogens (tertiary/aromatic N) is 1. The maximum atomic E-state index is 5.94. The molecule has 0 aromatic rings. The van der Waals surface area contributed by atoms with Gasteiger partial charge in [0.05, 0.1) is 0 Å². The second-order valence-electron chi connectivity index (χ2n) is 5.85. The summed E-state index contributed by atoms with van der Waals surface area (Å²) in [5.74, 6) is 1.68. The van der Waals surface area contributed by atoms with E-state index < -0.39 is 0 Å². The molecule has 0 heterocycles. The lowest BCUT2D eigenvalue weighted by molar-refractivity contribution is 0.0743. The zero-order valence-electron chi connectivity index (χ0n) is 12.1. The molecule has 0 bridgehead atoms. The average Bonchev–Trinajstić information content (AvgIpc) is 2.27. The molecule has 102 valence electrons. The summed E-state index contributed by atoms with van der Waals surface area (Å²) in [5.41, 5.74) is 6.19. The number of likely N-dealkylation sites (N-methyl/N-ethyl adjacent to an activating group) is 1. The lowest BCUT2D eigenvalue weighted by Crippen LogP contribution is -2.61. The minimum atomic E-state index is 0.252. The van der Waals surface area contributed by atoms with Gasteiger partial charge in [-0.15, -0.1) is 0 Å². The molecule has 0 unspecified atom stereocenters. The number of nitrogens with two attached hydrogens (primary N) is 1. The van der Waals surface area contributed by atoms with Crippen molar-refractivity contribution in [1.82, 2.24) is 10.2 Å². The maximum absolute atomic E-state index is 5.94. The molecule has 0 aliphatic heterocycles. The quantitative estimate of drug-likeness (QED) is 0.679. The zero-order valence-corrected chi connectivity index (χ0v) is 12.1. The zero-order chi connectivity index (χ0) is 12.9. The van der Waals surface area contributed by atoms with E-state index in [-0.39, 0.29) is 5.54 Å². The van der Waals surface area contributed by atoms with Crippen molar-refractivity contribution in [3.8, 4) is 0 Å². The smallest absolute Gasteiger partial charge is 0.0310 e.